The lowest BCUT2D eigenvalue weighted by Crippen LogP contribution is -2.54. The van der Waals surface area contributed by atoms with E-state index in [2.05, 4.69) is 16.0 Å². The minimum atomic E-state index is -0.977. The summed E-state index contributed by atoms with van der Waals surface area (Å²) in [4.78, 5) is 50.3. The lowest BCUT2D eigenvalue weighted by atomic mass is 10.0. The van der Waals surface area contributed by atoms with Gasteiger partial charge in [-0.05, 0) is 31.0 Å². The summed E-state index contributed by atoms with van der Waals surface area (Å²) in [6.07, 6.45) is 0.384. The zero-order chi connectivity index (χ0) is 19.8. The molecule has 9 heteroatoms. The highest BCUT2D eigenvalue weighted by Gasteiger charge is 2.45. The van der Waals surface area contributed by atoms with Crippen molar-refractivity contribution in [3.05, 3.63) is 34.9 Å². The first-order chi connectivity index (χ1) is 13.5. The molecule has 28 heavy (non-hydrogen) atoms. The van der Waals surface area contributed by atoms with Crippen LogP contribution >= 0.6 is 0 Å². The highest BCUT2D eigenvalue weighted by atomic mass is 16.3. The zero-order valence-corrected chi connectivity index (χ0v) is 15.2. The molecule has 3 heterocycles. The third-order valence-corrected chi connectivity index (χ3v) is 5.55. The normalized spacial score (nSPS) is 27.8. The second-order valence-electron chi connectivity index (χ2n) is 7.33. The third-order valence-electron chi connectivity index (χ3n) is 5.55. The van der Waals surface area contributed by atoms with Crippen LogP contribution in [-0.2, 0) is 16.1 Å². The smallest absolute Gasteiger partial charge is 0.262 e. The van der Waals surface area contributed by atoms with Crippen molar-refractivity contribution < 1.29 is 24.3 Å². The molecule has 9 nitrogen and oxygen atoms in total. The number of aliphatic hydroxyl groups excluding tert-OH is 1. The molecule has 0 aliphatic carbocycles. The van der Waals surface area contributed by atoms with Crippen molar-refractivity contribution in [2.75, 3.05) is 13.1 Å². The Balaban J connectivity index is 1.56. The SMILES string of the molecule is O=C1CCC(N2C(=O)c3cccc(CN[C@@H]4CNCC[C@H]4O)c3C2=O)C(=O)N1. The molecule has 2 fully saturated rings. The minimum absolute atomic E-state index is 0.0881. The number of nitrogens with zero attached hydrogens (tertiary/aromatic N) is 1. The van der Waals surface area contributed by atoms with Gasteiger partial charge in [-0.15, -0.1) is 0 Å². The maximum absolute atomic E-state index is 13.0. The molecule has 1 unspecified atom stereocenters. The average molecular weight is 386 g/mol. The topological polar surface area (TPSA) is 128 Å². The molecule has 2 saturated heterocycles. The van der Waals surface area contributed by atoms with Crippen molar-refractivity contribution in [2.45, 2.75) is 44.0 Å². The summed E-state index contributed by atoms with van der Waals surface area (Å²) in [5.41, 5.74) is 1.18. The number of imide groups is 2. The van der Waals surface area contributed by atoms with Gasteiger partial charge in [-0.3, -0.25) is 29.4 Å². The highest BCUT2D eigenvalue weighted by Crippen LogP contribution is 2.30. The van der Waals surface area contributed by atoms with Crippen molar-refractivity contribution in [2.24, 2.45) is 0 Å². The van der Waals surface area contributed by atoms with Crippen molar-refractivity contribution in [1.82, 2.24) is 20.9 Å². The molecule has 148 valence electrons. The predicted octanol–water partition coefficient (Wildman–Crippen LogP) is -1.10. The van der Waals surface area contributed by atoms with Gasteiger partial charge in [0.15, 0.2) is 0 Å². The number of amides is 4. The van der Waals surface area contributed by atoms with Crippen molar-refractivity contribution in [1.29, 1.82) is 0 Å². The standard InChI is InChI=1S/C19H22N4O5/c24-14-6-7-20-9-12(14)21-8-10-2-1-3-11-16(10)19(28)23(18(11)27)13-4-5-15(25)22-17(13)26/h1-3,12-14,20-21,24H,4-9H2,(H,22,25,26)/t12-,13?,14-/m1/s1. The fraction of sp³-hybridized carbons (Fsp3) is 0.474. The van der Waals surface area contributed by atoms with Gasteiger partial charge in [-0.1, -0.05) is 12.1 Å². The van der Waals surface area contributed by atoms with Crippen LogP contribution in [0.2, 0.25) is 0 Å². The Morgan fingerprint density at radius 2 is 1.96 bits per heavy atom. The van der Waals surface area contributed by atoms with E-state index in [1.54, 1.807) is 18.2 Å². The summed E-state index contributed by atoms with van der Waals surface area (Å²) in [7, 11) is 0. The van der Waals surface area contributed by atoms with Gasteiger partial charge in [-0.2, -0.15) is 0 Å². The van der Waals surface area contributed by atoms with E-state index in [1.807, 2.05) is 0 Å². The number of hydrogen-bond acceptors (Lipinski definition) is 7. The number of aliphatic hydroxyl groups is 1. The summed E-state index contributed by atoms with van der Waals surface area (Å²) in [5, 5.41) is 18.7. The molecule has 0 radical (unpaired) electrons. The van der Waals surface area contributed by atoms with Gasteiger partial charge in [0.05, 0.1) is 17.2 Å². The molecule has 4 rings (SSSR count). The number of carbonyl (C=O) groups excluding carboxylic acids is 4. The molecule has 1 aromatic carbocycles. The first-order valence-corrected chi connectivity index (χ1v) is 9.43. The summed E-state index contributed by atoms with van der Waals surface area (Å²) in [6.45, 7) is 1.69. The molecular weight excluding hydrogens is 364 g/mol. The molecule has 0 spiro atoms. The molecule has 1 aromatic rings. The van der Waals surface area contributed by atoms with Crippen LogP contribution in [0.1, 0.15) is 45.5 Å². The van der Waals surface area contributed by atoms with Gasteiger partial charge in [-0.25, -0.2) is 0 Å². The number of rotatable bonds is 4. The van der Waals surface area contributed by atoms with E-state index in [0.29, 0.717) is 25.1 Å². The van der Waals surface area contributed by atoms with Crippen LogP contribution in [0.25, 0.3) is 0 Å². The molecule has 4 N–H and O–H groups in total. The van der Waals surface area contributed by atoms with Crippen LogP contribution < -0.4 is 16.0 Å². The predicted molar refractivity (Wildman–Crippen MR) is 97.2 cm³/mol. The quantitative estimate of drug-likeness (QED) is 0.484. The second-order valence-corrected chi connectivity index (χ2v) is 7.33. The van der Waals surface area contributed by atoms with E-state index in [9.17, 15) is 24.3 Å². The van der Waals surface area contributed by atoms with Crippen LogP contribution in [0.4, 0.5) is 0 Å². The Morgan fingerprint density at radius 1 is 1.14 bits per heavy atom. The van der Waals surface area contributed by atoms with E-state index in [4.69, 9.17) is 0 Å². The van der Waals surface area contributed by atoms with Crippen LogP contribution in [0.15, 0.2) is 18.2 Å². The molecular formula is C19H22N4O5. The van der Waals surface area contributed by atoms with E-state index >= 15 is 0 Å². The van der Waals surface area contributed by atoms with Crippen molar-refractivity contribution in [3.63, 3.8) is 0 Å². The fourth-order valence-electron chi connectivity index (χ4n) is 4.03. The van der Waals surface area contributed by atoms with E-state index in [1.165, 1.54) is 0 Å². The maximum atomic E-state index is 13.0. The maximum Gasteiger partial charge on any atom is 0.262 e. The molecule has 3 aliphatic rings. The molecule has 3 aliphatic heterocycles. The average Bonchev–Trinajstić information content (AvgIpc) is 2.93. The summed E-state index contributed by atoms with van der Waals surface area (Å²) >= 11 is 0. The number of benzene rings is 1. The lowest BCUT2D eigenvalue weighted by Gasteiger charge is -2.29. The van der Waals surface area contributed by atoms with Crippen LogP contribution in [-0.4, -0.2) is 64.9 Å². The van der Waals surface area contributed by atoms with Gasteiger partial charge >= 0.3 is 0 Å². The Morgan fingerprint density at radius 3 is 2.71 bits per heavy atom. The Kier molecular flexibility index (Phi) is 4.96. The van der Waals surface area contributed by atoms with Gasteiger partial charge in [0, 0.05) is 25.6 Å². The molecule has 4 amide bonds. The van der Waals surface area contributed by atoms with Crippen molar-refractivity contribution in [3.8, 4) is 0 Å². The third kappa shape index (κ3) is 3.21. The number of nitrogens with one attached hydrogen (secondary N) is 3. The molecule has 3 atom stereocenters. The summed E-state index contributed by atoms with van der Waals surface area (Å²) in [5.74, 6) is -2.06. The highest BCUT2D eigenvalue weighted by molar-refractivity contribution is 6.24. The van der Waals surface area contributed by atoms with Crippen LogP contribution in [0.5, 0.6) is 0 Å². The number of hydrogen-bond donors (Lipinski definition) is 4. The number of fused-ring (bicyclic) bond motifs is 1. The van der Waals surface area contributed by atoms with E-state index < -0.39 is 35.8 Å². The molecule has 0 bridgehead atoms. The van der Waals surface area contributed by atoms with Gasteiger partial charge in [0.1, 0.15) is 6.04 Å². The second kappa shape index (κ2) is 7.42. The largest absolute Gasteiger partial charge is 0.391 e. The Bertz CT molecular complexity index is 855. The number of piperidine rings is 2. The molecule has 0 saturated carbocycles. The molecule has 0 aromatic heterocycles. The van der Waals surface area contributed by atoms with Crippen LogP contribution in [0, 0.1) is 0 Å². The Labute approximate surface area is 161 Å². The summed E-state index contributed by atoms with van der Waals surface area (Å²) < 4.78 is 0. The van der Waals surface area contributed by atoms with Gasteiger partial charge in [0.25, 0.3) is 11.8 Å². The summed E-state index contributed by atoms with van der Waals surface area (Å²) in [6, 6.07) is 3.90. The zero-order valence-electron chi connectivity index (χ0n) is 15.2. The lowest BCUT2D eigenvalue weighted by molar-refractivity contribution is -0.136. The van der Waals surface area contributed by atoms with Gasteiger partial charge in [0.2, 0.25) is 11.8 Å². The van der Waals surface area contributed by atoms with E-state index in [0.717, 1.165) is 11.4 Å². The van der Waals surface area contributed by atoms with Crippen molar-refractivity contribution >= 4 is 23.6 Å². The monoisotopic (exact) mass is 386 g/mol. The number of carbonyl (C=O) groups is 4. The first kappa shape index (κ1) is 18.7. The minimum Gasteiger partial charge on any atom is -0.391 e. The van der Waals surface area contributed by atoms with E-state index in [-0.39, 0.29) is 30.0 Å². The van der Waals surface area contributed by atoms with Gasteiger partial charge < -0.3 is 15.7 Å². The first-order valence-electron chi connectivity index (χ1n) is 9.43. The Hall–Kier alpha value is -2.62. The van der Waals surface area contributed by atoms with Crippen LogP contribution in [0.3, 0.4) is 0 Å². The fourth-order valence-corrected chi connectivity index (χ4v) is 4.03.